The molecule has 0 aliphatic carbocycles. The van der Waals surface area contributed by atoms with Crippen LogP contribution in [-0.4, -0.2) is 29.5 Å². The van der Waals surface area contributed by atoms with Gasteiger partial charge in [-0.05, 0) is 38.5 Å². The highest BCUT2D eigenvalue weighted by molar-refractivity contribution is 7.99. The van der Waals surface area contributed by atoms with E-state index in [0.29, 0.717) is 0 Å². The maximum atomic E-state index is 9.79. The van der Waals surface area contributed by atoms with Gasteiger partial charge in [-0.1, -0.05) is 0 Å². The number of aliphatic hydroxyl groups is 1. The lowest BCUT2D eigenvalue weighted by Crippen LogP contribution is -2.34. The summed E-state index contributed by atoms with van der Waals surface area (Å²) in [5.74, 6) is 1.10. The lowest BCUT2D eigenvalue weighted by atomic mass is 10.1. The van der Waals surface area contributed by atoms with Crippen LogP contribution in [0.3, 0.4) is 0 Å². The first kappa shape index (κ1) is 12.6. The molecule has 0 fully saturated rings. The molecule has 94 valence electrons. The molecule has 4 heteroatoms. The Morgan fingerprint density at radius 1 is 1.47 bits per heavy atom. The van der Waals surface area contributed by atoms with Gasteiger partial charge in [0.05, 0.1) is 11.3 Å². The first-order valence-electron chi connectivity index (χ1n) is 5.95. The summed E-state index contributed by atoms with van der Waals surface area (Å²) >= 11 is 1.87. The fraction of sp³-hybridized carbons (Fsp3) is 0.538. The Balaban J connectivity index is 2.14. The van der Waals surface area contributed by atoms with Crippen molar-refractivity contribution in [3.05, 3.63) is 18.2 Å². The largest absolute Gasteiger partial charge is 0.399 e. The summed E-state index contributed by atoms with van der Waals surface area (Å²) in [6, 6.07) is 6.07. The average molecular weight is 252 g/mol. The summed E-state index contributed by atoms with van der Waals surface area (Å²) in [7, 11) is 0. The fourth-order valence-electron chi connectivity index (χ4n) is 1.93. The van der Waals surface area contributed by atoms with Crippen molar-refractivity contribution in [1.29, 1.82) is 0 Å². The van der Waals surface area contributed by atoms with Crippen LogP contribution in [0.15, 0.2) is 23.1 Å². The maximum absolute atomic E-state index is 9.79. The van der Waals surface area contributed by atoms with Gasteiger partial charge in [0.1, 0.15) is 0 Å². The number of benzene rings is 1. The van der Waals surface area contributed by atoms with Crippen molar-refractivity contribution in [2.24, 2.45) is 0 Å². The molecule has 1 aliphatic heterocycles. The van der Waals surface area contributed by atoms with E-state index in [-0.39, 0.29) is 0 Å². The lowest BCUT2D eigenvalue weighted by Gasteiger charge is -2.32. The third-order valence-electron chi connectivity index (χ3n) is 2.94. The molecule has 0 saturated heterocycles. The van der Waals surface area contributed by atoms with Gasteiger partial charge in [-0.15, -0.1) is 11.8 Å². The zero-order valence-corrected chi connectivity index (χ0v) is 11.3. The van der Waals surface area contributed by atoms with Gasteiger partial charge >= 0.3 is 0 Å². The minimum absolute atomic E-state index is 0.606. The summed E-state index contributed by atoms with van der Waals surface area (Å²) in [5.41, 5.74) is 7.25. The van der Waals surface area contributed by atoms with Gasteiger partial charge < -0.3 is 15.7 Å². The molecule has 2 rings (SSSR count). The first-order valence-corrected chi connectivity index (χ1v) is 6.94. The number of fused-ring (bicyclic) bond motifs is 1. The standard InChI is InChI=1S/C13H20N2OS/c1-13(2,16)5-6-15-7-8-17-12-4-3-10(14)9-11(12)15/h3-4,9,16H,5-8,14H2,1-2H3. The van der Waals surface area contributed by atoms with Crippen molar-refractivity contribution in [3.8, 4) is 0 Å². The zero-order valence-electron chi connectivity index (χ0n) is 10.4. The third kappa shape index (κ3) is 3.30. The smallest absolute Gasteiger partial charge is 0.0608 e. The molecule has 3 N–H and O–H groups in total. The van der Waals surface area contributed by atoms with E-state index in [2.05, 4.69) is 11.0 Å². The topological polar surface area (TPSA) is 49.5 Å². The minimum atomic E-state index is -0.606. The second-order valence-electron chi connectivity index (χ2n) is 5.13. The summed E-state index contributed by atoms with van der Waals surface area (Å²) in [4.78, 5) is 3.61. The molecule has 0 unspecified atom stereocenters. The van der Waals surface area contributed by atoms with Gasteiger partial charge in [0.15, 0.2) is 0 Å². The SMILES string of the molecule is CC(C)(O)CCN1CCSc2ccc(N)cc21. The number of nitrogen functional groups attached to an aromatic ring is 1. The van der Waals surface area contributed by atoms with E-state index in [0.717, 1.165) is 31.0 Å². The van der Waals surface area contributed by atoms with Gasteiger partial charge in [-0.25, -0.2) is 0 Å². The summed E-state index contributed by atoms with van der Waals surface area (Å²) in [6.45, 7) is 5.61. The van der Waals surface area contributed by atoms with Crippen molar-refractivity contribution in [3.63, 3.8) is 0 Å². The van der Waals surface area contributed by atoms with Crippen LogP contribution in [-0.2, 0) is 0 Å². The molecule has 1 aromatic carbocycles. The number of hydrogen-bond donors (Lipinski definition) is 2. The van der Waals surface area contributed by atoms with Crippen LogP contribution in [0, 0.1) is 0 Å². The van der Waals surface area contributed by atoms with E-state index < -0.39 is 5.60 Å². The predicted molar refractivity (Wildman–Crippen MR) is 74.7 cm³/mol. The van der Waals surface area contributed by atoms with E-state index >= 15 is 0 Å². The second kappa shape index (κ2) is 4.78. The summed E-state index contributed by atoms with van der Waals surface area (Å²) < 4.78 is 0. The molecule has 3 nitrogen and oxygen atoms in total. The molecule has 1 heterocycles. The van der Waals surface area contributed by atoms with Crippen molar-refractivity contribution >= 4 is 23.1 Å². The van der Waals surface area contributed by atoms with Gasteiger partial charge in [0.2, 0.25) is 0 Å². The minimum Gasteiger partial charge on any atom is -0.399 e. The molecular weight excluding hydrogens is 232 g/mol. The Morgan fingerprint density at radius 3 is 2.94 bits per heavy atom. The Morgan fingerprint density at radius 2 is 2.24 bits per heavy atom. The number of anilines is 2. The van der Waals surface area contributed by atoms with Crippen LogP contribution in [0.4, 0.5) is 11.4 Å². The Bertz CT molecular complexity index is 401. The van der Waals surface area contributed by atoms with Gasteiger partial charge in [-0.2, -0.15) is 0 Å². The van der Waals surface area contributed by atoms with Crippen molar-refractivity contribution in [2.75, 3.05) is 29.5 Å². The second-order valence-corrected chi connectivity index (χ2v) is 6.26. The quantitative estimate of drug-likeness (QED) is 0.811. The Labute approximate surface area is 107 Å². The number of rotatable bonds is 3. The molecule has 1 aliphatic rings. The van der Waals surface area contributed by atoms with Crippen molar-refractivity contribution in [1.82, 2.24) is 0 Å². The summed E-state index contributed by atoms with van der Waals surface area (Å²) in [5, 5.41) is 9.79. The van der Waals surface area contributed by atoms with Gasteiger partial charge in [0, 0.05) is 29.4 Å². The monoisotopic (exact) mass is 252 g/mol. The van der Waals surface area contributed by atoms with E-state index in [4.69, 9.17) is 5.73 Å². The number of thioether (sulfide) groups is 1. The molecule has 0 amide bonds. The molecule has 0 bridgehead atoms. The zero-order chi connectivity index (χ0) is 12.5. The molecule has 0 saturated carbocycles. The van der Waals surface area contributed by atoms with Crippen molar-refractivity contribution in [2.45, 2.75) is 30.8 Å². The van der Waals surface area contributed by atoms with E-state index in [1.807, 2.05) is 37.7 Å². The van der Waals surface area contributed by atoms with Crippen LogP contribution in [0.5, 0.6) is 0 Å². The highest BCUT2D eigenvalue weighted by Gasteiger charge is 2.20. The number of hydrogen-bond acceptors (Lipinski definition) is 4. The van der Waals surface area contributed by atoms with E-state index in [1.165, 1.54) is 10.6 Å². The molecule has 1 aromatic rings. The van der Waals surface area contributed by atoms with Crippen LogP contribution in [0.25, 0.3) is 0 Å². The molecule has 0 aromatic heterocycles. The average Bonchev–Trinajstić information content (AvgIpc) is 2.25. The fourth-order valence-corrected chi connectivity index (χ4v) is 2.96. The van der Waals surface area contributed by atoms with Gasteiger partial charge in [-0.3, -0.25) is 0 Å². The van der Waals surface area contributed by atoms with E-state index in [1.54, 1.807) is 0 Å². The predicted octanol–water partition coefficient (Wildman–Crippen LogP) is 2.34. The van der Waals surface area contributed by atoms with Crippen LogP contribution < -0.4 is 10.6 Å². The molecule has 0 radical (unpaired) electrons. The molecule has 17 heavy (non-hydrogen) atoms. The molecule has 0 atom stereocenters. The maximum Gasteiger partial charge on any atom is 0.0608 e. The highest BCUT2D eigenvalue weighted by atomic mass is 32.2. The number of nitrogens with two attached hydrogens (primary N) is 1. The molecular formula is C13H20N2OS. The number of nitrogens with zero attached hydrogens (tertiary/aromatic N) is 1. The Hall–Kier alpha value is -0.870. The van der Waals surface area contributed by atoms with Crippen LogP contribution in [0.1, 0.15) is 20.3 Å². The lowest BCUT2D eigenvalue weighted by molar-refractivity contribution is 0.0731. The van der Waals surface area contributed by atoms with E-state index in [9.17, 15) is 5.11 Å². The van der Waals surface area contributed by atoms with Gasteiger partial charge in [0.25, 0.3) is 0 Å². The third-order valence-corrected chi connectivity index (χ3v) is 3.98. The van der Waals surface area contributed by atoms with Crippen LogP contribution >= 0.6 is 11.8 Å². The normalized spacial score (nSPS) is 15.8. The van der Waals surface area contributed by atoms with Crippen molar-refractivity contribution < 1.29 is 5.11 Å². The molecule has 0 spiro atoms. The first-order chi connectivity index (χ1) is 7.96. The Kier molecular flexibility index (Phi) is 3.54. The highest BCUT2D eigenvalue weighted by Crippen LogP contribution is 2.36. The van der Waals surface area contributed by atoms with Crippen LogP contribution in [0.2, 0.25) is 0 Å². The summed E-state index contributed by atoms with van der Waals surface area (Å²) in [6.07, 6.45) is 0.770.